The van der Waals surface area contributed by atoms with Crippen LogP contribution < -0.4 is 5.56 Å². The van der Waals surface area contributed by atoms with E-state index in [1.54, 1.807) is 17.4 Å². The molecule has 0 saturated heterocycles. The molecule has 2 heterocycles. The highest BCUT2D eigenvalue weighted by molar-refractivity contribution is 7.17. The Morgan fingerprint density at radius 1 is 1.29 bits per heavy atom. The second-order valence-electron chi connectivity index (χ2n) is 4.97. The Morgan fingerprint density at radius 2 is 2.14 bits per heavy atom. The Morgan fingerprint density at radius 3 is 2.95 bits per heavy atom. The van der Waals surface area contributed by atoms with E-state index in [9.17, 15) is 9.59 Å². The minimum atomic E-state index is -0.343. The lowest BCUT2D eigenvalue weighted by Gasteiger charge is -2.05. The number of aromatic amines is 1. The molecule has 0 amide bonds. The van der Waals surface area contributed by atoms with E-state index >= 15 is 0 Å². The van der Waals surface area contributed by atoms with Gasteiger partial charge in [-0.3, -0.25) is 4.79 Å². The summed E-state index contributed by atoms with van der Waals surface area (Å²) in [4.78, 5) is 27.0. The highest BCUT2D eigenvalue weighted by Gasteiger charge is 2.27. The fourth-order valence-electron chi connectivity index (χ4n) is 2.98. The highest BCUT2D eigenvalue weighted by atomic mass is 32.1. The van der Waals surface area contributed by atoms with Crippen molar-refractivity contribution in [1.82, 2.24) is 4.98 Å². The van der Waals surface area contributed by atoms with Crippen LogP contribution in [0, 0.1) is 0 Å². The molecular weight excluding hydrogens is 286 g/mol. The van der Waals surface area contributed by atoms with Crippen LogP contribution in [0.1, 0.15) is 21.5 Å². The quantitative estimate of drug-likeness (QED) is 0.550. The van der Waals surface area contributed by atoms with Gasteiger partial charge in [-0.25, -0.2) is 4.79 Å². The van der Waals surface area contributed by atoms with Crippen molar-refractivity contribution >= 4 is 27.4 Å². The van der Waals surface area contributed by atoms with Crippen LogP contribution in [-0.4, -0.2) is 18.1 Å². The summed E-state index contributed by atoms with van der Waals surface area (Å²) in [6.45, 7) is 0. The summed E-state index contributed by atoms with van der Waals surface area (Å²) in [7, 11) is 1.38. The smallest absolute Gasteiger partial charge is 0.338 e. The number of ether oxygens (including phenoxy) is 1. The number of nitrogens with one attached hydrogen (secondary N) is 1. The molecule has 0 atom stereocenters. The van der Waals surface area contributed by atoms with Crippen molar-refractivity contribution in [3.8, 4) is 11.3 Å². The van der Waals surface area contributed by atoms with Gasteiger partial charge in [0.1, 0.15) is 0 Å². The predicted octanol–water partition coefficient (Wildman–Crippen LogP) is 2.95. The number of rotatable bonds is 1. The van der Waals surface area contributed by atoms with Crippen LogP contribution in [0.15, 0.2) is 34.4 Å². The summed E-state index contributed by atoms with van der Waals surface area (Å²) in [6, 6.07) is 7.35. The van der Waals surface area contributed by atoms with Crippen LogP contribution in [0.5, 0.6) is 0 Å². The average Bonchev–Trinajstić information content (AvgIpc) is 3.11. The first kappa shape index (κ1) is 12.3. The van der Waals surface area contributed by atoms with E-state index in [1.165, 1.54) is 7.11 Å². The molecule has 0 saturated carbocycles. The summed E-state index contributed by atoms with van der Waals surface area (Å²) >= 11 is 1.56. The number of carbonyl (C=O) groups excluding carboxylic acids is 1. The minimum Gasteiger partial charge on any atom is -0.465 e. The van der Waals surface area contributed by atoms with Crippen LogP contribution >= 0.6 is 11.3 Å². The first-order valence-corrected chi connectivity index (χ1v) is 7.41. The Balaban J connectivity index is 2.04. The van der Waals surface area contributed by atoms with E-state index in [0.717, 1.165) is 27.1 Å². The number of hydrogen-bond acceptors (Lipinski definition) is 4. The van der Waals surface area contributed by atoms with Crippen LogP contribution in [-0.2, 0) is 11.2 Å². The van der Waals surface area contributed by atoms with E-state index < -0.39 is 0 Å². The summed E-state index contributed by atoms with van der Waals surface area (Å²) in [5.74, 6) is -0.343. The maximum atomic E-state index is 12.1. The summed E-state index contributed by atoms with van der Waals surface area (Å²) < 4.78 is 5.85. The van der Waals surface area contributed by atoms with Crippen molar-refractivity contribution in [3.63, 3.8) is 0 Å². The van der Waals surface area contributed by atoms with Gasteiger partial charge in [0.25, 0.3) is 5.56 Å². The summed E-state index contributed by atoms with van der Waals surface area (Å²) in [5, 5.41) is 2.64. The number of esters is 1. The number of H-pyrrole nitrogens is 1. The highest BCUT2D eigenvalue weighted by Crippen LogP contribution is 2.40. The number of benzene rings is 1. The van der Waals surface area contributed by atoms with Crippen LogP contribution in [0.4, 0.5) is 0 Å². The Hall–Kier alpha value is -2.40. The van der Waals surface area contributed by atoms with E-state index in [2.05, 4.69) is 4.98 Å². The van der Waals surface area contributed by atoms with Crippen molar-refractivity contribution in [1.29, 1.82) is 0 Å². The maximum Gasteiger partial charge on any atom is 0.338 e. The zero-order valence-corrected chi connectivity index (χ0v) is 12.0. The molecule has 0 fully saturated rings. The zero-order valence-electron chi connectivity index (χ0n) is 11.2. The number of fused-ring (bicyclic) bond motifs is 5. The third kappa shape index (κ3) is 1.61. The van der Waals surface area contributed by atoms with Crippen molar-refractivity contribution in [2.75, 3.05) is 7.11 Å². The Labute approximate surface area is 124 Å². The van der Waals surface area contributed by atoms with Crippen molar-refractivity contribution < 1.29 is 9.53 Å². The number of thiophene rings is 1. The average molecular weight is 297 g/mol. The van der Waals surface area contributed by atoms with Crippen LogP contribution in [0.25, 0.3) is 21.3 Å². The third-order valence-corrected chi connectivity index (χ3v) is 4.90. The van der Waals surface area contributed by atoms with Gasteiger partial charge < -0.3 is 9.72 Å². The van der Waals surface area contributed by atoms with Gasteiger partial charge in [-0.2, -0.15) is 0 Å². The minimum absolute atomic E-state index is 0.0821. The Bertz CT molecular complexity index is 952. The second-order valence-corrected chi connectivity index (χ2v) is 5.89. The van der Waals surface area contributed by atoms with Gasteiger partial charge in [0, 0.05) is 16.7 Å². The standard InChI is InChI=1S/C16H11NO3S/c1-20-16(19)9-4-2-3-8-11(9)7-12-13(8)17-15(18)10-5-6-21-14(10)12/h2-6H,7H2,1H3,(H,17,18). The number of carbonyl (C=O) groups is 1. The molecule has 1 aliphatic carbocycles. The van der Waals surface area contributed by atoms with E-state index in [0.29, 0.717) is 17.4 Å². The monoisotopic (exact) mass is 297 g/mol. The molecular formula is C16H11NO3S. The number of aromatic nitrogens is 1. The topological polar surface area (TPSA) is 59.2 Å². The molecule has 5 heteroatoms. The molecule has 3 aromatic rings. The number of pyridine rings is 1. The second kappa shape index (κ2) is 4.30. The summed E-state index contributed by atoms with van der Waals surface area (Å²) in [6.07, 6.45) is 0.643. The van der Waals surface area contributed by atoms with Gasteiger partial charge in [0.2, 0.25) is 0 Å². The van der Waals surface area contributed by atoms with E-state index in [-0.39, 0.29) is 11.5 Å². The lowest BCUT2D eigenvalue weighted by molar-refractivity contribution is 0.0600. The molecule has 0 radical (unpaired) electrons. The lowest BCUT2D eigenvalue weighted by atomic mass is 10.0. The van der Waals surface area contributed by atoms with Gasteiger partial charge in [-0.15, -0.1) is 11.3 Å². The molecule has 0 unspecified atom stereocenters. The largest absolute Gasteiger partial charge is 0.465 e. The normalized spacial score (nSPS) is 12.2. The van der Waals surface area contributed by atoms with E-state index in [1.807, 2.05) is 23.6 Å². The molecule has 4 nitrogen and oxygen atoms in total. The fourth-order valence-corrected chi connectivity index (χ4v) is 3.92. The molecule has 1 aromatic carbocycles. The van der Waals surface area contributed by atoms with Gasteiger partial charge in [0.05, 0.1) is 23.8 Å². The molecule has 2 aromatic heterocycles. The number of hydrogen-bond donors (Lipinski definition) is 1. The molecule has 0 aliphatic heterocycles. The lowest BCUT2D eigenvalue weighted by Crippen LogP contribution is -2.06. The molecule has 104 valence electrons. The third-order valence-electron chi connectivity index (χ3n) is 3.93. The van der Waals surface area contributed by atoms with Gasteiger partial charge in [-0.05, 0) is 28.6 Å². The molecule has 0 bridgehead atoms. The predicted molar refractivity (Wildman–Crippen MR) is 82.0 cm³/mol. The molecule has 21 heavy (non-hydrogen) atoms. The van der Waals surface area contributed by atoms with Crippen molar-refractivity contribution in [3.05, 3.63) is 56.7 Å². The molecule has 4 rings (SSSR count). The van der Waals surface area contributed by atoms with Gasteiger partial charge in [0.15, 0.2) is 0 Å². The SMILES string of the molecule is COC(=O)c1cccc2c1Cc1c-2[nH]c(=O)c2ccsc12. The Kier molecular flexibility index (Phi) is 2.53. The fraction of sp³-hybridized carbons (Fsp3) is 0.125. The maximum absolute atomic E-state index is 12.1. The first-order valence-electron chi connectivity index (χ1n) is 6.53. The first-order chi connectivity index (χ1) is 10.2. The van der Waals surface area contributed by atoms with Gasteiger partial charge in [-0.1, -0.05) is 12.1 Å². The van der Waals surface area contributed by atoms with Crippen molar-refractivity contribution in [2.24, 2.45) is 0 Å². The van der Waals surface area contributed by atoms with Crippen LogP contribution in [0.2, 0.25) is 0 Å². The summed E-state index contributed by atoms with van der Waals surface area (Å²) in [5.41, 5.74) is 4.25. The zero-order chi connectivity index (χ0) is 14.6. The molecule has 1 N–H and O–H groups in total. The van der Waals surface area contributed by atoms with Gasteiger partial charge >= 0.3 is 5.97 Å². The van der Waals surface area contributed by atoms with Crippen LogP contribution in [0.3, 0.4) is 0 Å². The number of methoxy groups -OCH3 is 1. The van der Waals surface area contributed by atoms with Crippen molar-refractivity contribution in [2.45, 2.75) is 6.42 Å². The van der Waals surface area contributed by atoms with E-state index in [4.69, 9.17) is 4.74 Å². The molecule has 0 spiro atoms. The molecule has 1 aliphatic rings.